The Bertz CT molecular complexity index is 786. The van der Waals surface area contributed by atoms with Gasteiger partial charge in [0.25, 0.3) is 0 Å². The highest BCUT2D eigenvalue weighted by atomic mass is 19.1. The summed E-state index contributed by atoms with van der Waals surface area (Å²) in [5, 5.41) is 0. The van der Waals surface area contributed by atoms with Crippen LogP contribution in [0.25, 0.3) is 11.1 Å². The molecule has 1 unspecified atom stereocenters. The van der Waals surface area contributed by atoms with E-state index in [4.69, 9.17) is 0 Å². The summed E-state index contributed by atoms with van der Waals surface area (Å²) in [4.78, 5) is 0. The fourth-order valence-corrected chi connectivity index (χ4v) is 4.92. The Hall–Kier alpha value is -1.77. The van der Waals surface area contributed by atoms with Gasteiger partial charge in [-0.3, -0.25) is 0 Å². The first-order valence-corrected chi connectivity index (χ1v) is 9.78. The molecule has 0 N–H and O–H groups in total. The van der Waals surface area contributed by atoms with Crippen molar-refractivity contribution in [3.05, 3.63) is 58.9 Å². The molecular weight excluding hydrogens is 333 g/mol. The molecule has 0 bridgehead atoms. The van der Waals surface area contributed by atoms with Crippen LogP contribution in [0.15, 0.2) is 30.3 Å². The first-order valence-electron chi connectivity index (χ1n) is 9.78. The van der Waals surface area contributed by atoms with E-state index in [2.05, 4.69) is 6.92 Å². The lowest BCUT2D eigenvalue weighted by Crippen LogP contribution is -2.26. The number of fused-ring (bicyclic) bond motifs is 1. The molecule has 0 radical (unpaired) electrons. The van der Waals surface area contributed by atoms with Gasteiger partial charge in [-0.2, -0.15) is 0 Å². The van der Waals surface area contributed by atoms with Crippen LogP contribution in [-0.2, 0) is 12.8 Å². The third-order valence-electron chi connectivity index (χ3n) is 6.52. The van der Waals surface area contributed by atoms with E-state index >= 15 is 4.39 Å². The average molecular weight is 358 g/mol. The van der Waals surface area contributed by atoms with Crippen LogP contribution in [0.2, 0.25) is 0 Å². The molecule has 0 amide bonds. The van der Waals surface area contributed by atoms with Gasteiger partial charge in [-0.05, 0) is 84.7 Å². The molecule has 26 heavy (non-hydrogen) atoms. The number of hydrogen-bond acceptors (Lipinski definition) is 0. The van der Waals surface area contributed by atoms with Gasteiger partial charge in [0, 0.05) is 0 Å². The molecule has 1 saturated carbocycles. The molecule has 138 valence electrons. The van der Waals surface area contributed by atoms with Crippen LogP contribution >= 0.6 is 0 Å². The van der Waals surface area contributed by atoms with Crippen molar-refractivity contribution in [2.75, 3.05) is 0 Å². The van der Waals surface area contributed by atoms with Crippen molar-refractivity contribution in [3.63, 3.8) is 0 Å². The summed E-state index contributed by atoms with van der Waals surface area (Å²) >= 11 is 0. The topological polar surface area (TPSA) is 0 Å². The predicted octanol–water partition coefficient (Wildman–Crippen LogP) is 6.70. The molecule has 0 spiro atoms. The Kier molecular flexibility index (Phi) is 4.81. The maximum atomic E-state index is 15.1. The first kappa shape index (κ1) is 17.6. The van der Waals surface area contributed by atoms with Crippen molar-refractivity contribution in [2.45, 2.75) is 51.9 Å². The van der Waals surface area contributed by atoms with Crippen LogP contribution < -0.4 is 0 Å². The lowest BCUT2D eigenvalue weighted by Gasteiger charge is -2.36. The van der Waals surface area contributed by atoms with E-state index < -0.39 is 17.5 Å². The standard InChI is InChI=1S/C23H25F3/c1-14-2-4-15(5-3-14)17-8-11-20-18(12-17)13-21(25)22(23(20)26)16-6-9-19(24)10-7-16/h6-7,9-10,13-15,17H,2-5,8,11-12H2,1H3. The van der Waals surface area contributed by atoms with E-state index in [1.165, 1.54) is 56.0 Å². The van der Waals surface area contributed by atoms with Crippen LogP contribution in [-0.4, -0.2) is 0 Å². The minimum Gasteiger partial charge on any atom is -0.207 e. The van der Waals surface area contributed by atoms with Crippen LogP contribution in [0, 0.1) is 35.2 Å². The third-order valence-corrected chi connectivity index (χ3v) is 6.52. The van der Waals surface area contributed by atoms with Crippen molar-refractivity contribution in [3.8, 4) is 11.1 Å². The highest BCUT2D eigenvalue weighted by molar-refractivity contribution is 5.67. The van der Waals surface area contributed by atoms with E-state index in [-0.39, 0.29) is 5.56 Å². The monoisotopic (exact) mass is 358 g/mol. The van der Waals surface area contributed by atoms with Crippen molar-refractivity contribution in [1.29, 1.82) is 0 Å². The lowest BCUT2D eigenvalue weighted by molar-refractivity contribution is 0.196. The van der Waals surface area contributed by atoms with Crippen LogP contribution in [0.4, 0.5) is 13.2 Å². The smallest absolute Gasteiger partial charge is 0.137 e. The minimum absolute atomic E-state index is 0.0197. The van der Waals surface area contributed by atoms with Gasteiger partial charge < -0.3 is 0 Å². The second kappa shape index (κ2) is 7.09. The van der Waals surface area contributed by atoms with Gasteiger partial charge in [-0.15, -0.1) is 0 Å². The van der Waals surface area contributed by atoms with Gasteiger partial charge in [0.15, 0.2) is 0 Å². The van der Waals surface area contributed by atoms with Crippen LogP contribution in [0.5, 0.6) is 0 Å². The lowest BCUT2D eigenvalue weighted by atomic mass is 9.70. The van der Waals surface area contributed by atoms with Gasteiger partial charge in [0.2, 0.25) is 0 Å². The van der Waals surface area contributed by atoms with Crippen LogP contribution in [0.1, 0.15) is 50.2 Å². The van der Waals surface area contributed by atoms with E-state index in [0.29, 0.717) is 29.4 Å². The maximum absolute atomic E-state index is 15.1. The minimum atomic E-state index is -0.536. The number of rotatable bonds is 2. The van der Waals surface area contributed by atoms with E-state index in [1.54, 1.807) is 0 Å². The summed E-state index contributed by atoms with van der Waals surface area (Å²) in [6.45, 7) is 2.31. The Morgan fingerprint density at radius 1 is 0.846 bits per heavy atom. The second-order valence-corrected chi connectivity index (χ2v) is 8.21. The fraction of sp³-hybridized carbons (Fsp3) is 0.478. The van der Waals surface area contributed by atoms with Gasteiger partial charge in [-0.1, -0.05) is 31.9 Å². The number of hydrogen-bond donors (Lipinski definition) is 0. The molecule has 0 aromatic heterocycles. The summed E-state index contributed by atoms with van der Waals surface area (Å²) in [5.41, 5.74) is 1.87. The molecule has 2 aliphatic rings. The number of halogens is 3. The number of benzene rings is 2. The summed E-state index contributed by atoms with van der Waals surface area (Å²) in [6, 6.07) is 6.90. The zero-order valence-electron chi connectivity index (χ0n) is 15.2. The summed E-state index contributed by atoms with van der Waals surface area (Å²) < 4.78 is 42.9. The summed E-state index contributed by atoms with van der Waals surface area (Å²) in [7, 11) is 0. The molecule has 0 saturated heterocycles. The zero-order valence-corrected chi connectivity index (χ0v) is 15.2. The molecule has 0 aliphatic heterocycles. The maximum Gasteiger partial charge on any atom is 0.137 e. The molecule has 2 aliphatic carbocycles. The van der Waals surface area contributed by atoms with E-state index in [0.717, 1.165) is 24.3 Å². The molecule has 0 heterocycles. The van der Waals surface area contributed by atoms with E-state index in [1.807, 2.05) is 0 Å². The summed E-state index contributed by atoms with van der Waals surface area (Å²) in [5.74, 6) is 0.660. The molecule has 1 fully saturated rings. The fourth-order valence-electron chi connectivity index (χ4n) is 4.92. The highest BCUT2D eigenvalue weighted by Gasteiger charge is 2.31. The van der Waals surface area contributed by atoms with Gasteiger partial charge in [0.05, 0.1) is 5.56 Å². The molecular formula is C23H25F3. The average Bonchev–Trinajstić information content (AvgIpc) is 2.63. The zero-order chi connectivity index (χ0) is 18.3. The van der Waals surface area contributed by atoms with Crippen molar-refractivity contribution in [1.82, 2.24) is 0 Å². The van der Waals surface area contributed by atoms with Gasteiger partial charge in [0.1, 0.15) is 17.5 Å². The summed E-state index contributed by atoms with van der Waals surface area (Å²) in [6.07, 6.45) is 7.50. The van der Waals surface area contributed by atoms with Crippen molar-refractivity contribution < 1.29 is 13.2 Å². The Balaban J connectivity index is 1.62. The van der Waals surface area contributed by atoms with Crippen molar-refractivity contribution in [2.24, 2.45) is 17.8 Å². The van der Waals surface area contributed by atoms with E-state index in [9.17, 15) is 8.78 Å². The van der Waals surface area contributed by atoms with Gasteiger partial charge in [-0.25, -0.2) is 13.2 Å². The molecule has 1 atom stereocenters. The Morgan fingerprint density at radius 3 is 2.23 bits per heavy atom. The largest absolute Gasteiger partial charge is 0.207 e. The first-order chi connectivity index (χ1) is 12.5. The Labute approximate surface area is 153 Å². The predicted molar refractivity (Wildman–Crippen MR) is 98.4 cm³/mol. The Morgan fingerprint density at radius 2 is 1.54 bits per heavy atom. The quantitative estimate of drug-likeness (QED) is 0.560. The molecule has 0 nitrogen and oxygen atoms in total. The third kappa shape index (κ3) is 3.28. The SMILES string of the molecule is CC1CCC(C2CCc3c(cc(F)c(-c4ccc(F)cc4)c3F)C2)CC1. The highest BCUT2D eigenvalue weighted by Crippen LogP contribution is 2.41. The van der Waals surface area contributed by atoms with Crippen LogP contribution in [0.3, 0.4) is 0 Å². The van der Waals surface area contributed by atoms with Crippen molar-refractivity contribution >= 4 is 0 Å². The molecule has 3 heteroatoms. The van der Waals surface area contributed by atoms with Gasteiger partial charge >= 0.3 is 0 Å². The molecule has 2 aromatic rings. The molecule has 2 aromatic carbocycles. The normalized spacial score (nSPS) is 25.8. The molecule has 4 rings (SSSR count). The second-order valence-electron chi connectivity index (χ2n) is 8.21.